The molecule has 3 unspecified atom stereocenters. The fourth-order valence-corrected chi connectivity index (χ4v) is 7.26. The van der Waals surface area contributed by atoms with Crippen LogP contribution in [0.5, 0.6) is 11.5 Å². The summed E-state index contributed by atoms with van der Waals surface area (Å²) in [5.41, 5.74) is 3.66. The van der Waals surface area contributed by atoms with Gasteiger partial charge in [0.05, 0.1) is 18.2 Å². The smallest absolute Gasteiger partial charge is 0.315 e. The second-order valence-electron chi connectivity index (χ2n) is 13.8. The molecule has 3 amide bonds. The van der Waals surface area contributed by atoms with Crippen molar-refractivity contribution >= 4 is 29.3 Å². The summed E-state index contributed by atoms with van der Waals surface area (Å²) in [6.45, 7) is 7.98. The van der Waals surface area contributed by atoms with Gasteiger partial charge in [0.1, 0.15) is 28.6 Å². The largest absolute Gasteiger partial charge is 0.508 e. The minimum atomic E-state index is -2.71. The van der Waals surface area contributed by atoms with Gasteiger partial charge in [-0.3, -0.25) is 19.3 Å². The van der Waals surface area contributed by atoms with Crippen molar-refractivity contribution in [3.63, 3.8) is 0 Å². The van der Waals surface area contributed by atoms with Crippen molar-refractivity contribution in [2.75, 3.05) is 20.7 Å². The zero-order valence-electron chi connectivity index (χ0n) is 27.8. The maximum absolute atomic E-state index is 14.1. The number of rotatable bonds is 7. The monoisotopic (exact) mass is 662 g/mol. The standard InChI is InChI=1S/C35H42N4O9/c1-7-48-23-11-8-16(12-18(23)15-37-33(46)38-34(2,3)4)19-9-10-22(40)25-20(19)13-17-14-21-27(39(5)6)29(42)26(32(36)45)31(44)35(21,47)30(43)24(17)28(25)41/h8-12,17,21,27,40-41,44,47H,7,13-15H2,1-6H3,(H2,36,45)(H2,37,38,46)/t17?,21?,27?,35-/m0/s1. The molecule has 4 atom stereocenters. The second-order valence-corrected chi connectivity index (χ2v) is 13.8. The van der Waals surface area contributed by atoms with Crippen LogP contribution in [0.15, 0.2) is 47.2 Å². The van der Waals surface area contributed by atoms with Gasteiger partial charge < -0.3 is 41.5 Å². The molecule has 2 aromatic rings. The highest BCUT2D eigenvalue weighted by atomic mass is 16.5. The quantitative estimate of drug-likeness (QED) is 0.215. The van der Waals surface area contributed by atoms with Gasteiger partial charge >= 0.3 is 6.03 Å². The second kappa shape index (κ2) is 12.3. The topological polar surface area (TPSA) is 212 Å². The van der Waals surface area contributed by atoms with Crippen LogP contribution >= 0.6 is 0 Å². The molecule has 13 nitrogen and oxygen atoms in total. The van der Waals surface area contributed by atoms with Crippen LogP contribution in [0.1, 0.15) is 50.8 Å². The number of ketones is 2. The number of nitrogens with two attached hydrogens (primary N) is 1. The first-order valence-corrected chi connectivity index (χ1v) is 15.7. The number of urea groups is 1. The predicted molar refractivity (Wildman–Crippen MR) is 176 cm³/mol. The Morgan fingerprint density at radius 1 is 1.10 bits per heavy atom. The van der Waals surface area contributed by atoms with Crippen molar-refractivity contribution in [1.29, 1.82) is 0 Å². The Bertz CT molecular complexity index is 1790. The number of hydrogen-bond acceptors (Lipinski definition) is 10. The first kappa shape index (κ1) is 34.5. The van der Waals surface area contributed by atoms with E-state index in [1.807, 2.05) is 39.8 Å². The van der Waals surface area contributed by atoms with E-state index in [1.54, 1.807) is 26.2 Å². The number of hydrogen-bond donors (Lipinski definition) is 7. The number of carbonyl (C=O) groups excluding carboxylic acids is 4. The Labute approximate surface area is 278 Å². The molecular weight excluding hydrogens is 620 g/mol. The number of amides is 3. The molecule has 8 N–H and O–H groups in total. The van der Waals surface area contributed by atoms with Gasteiger partial charge in [-0.25, -0.2) is 4.79 Å². The van der Waals surface area contributed by atoms with Crippen LogP contribution in [0.4, 0.5) is 4.79 Å². The number of aromatic hydroxyl groups is 1. The lowest BCUT2D eigenvalue weighted by molar-refractivity contribution is -0.153. The molecule has 0 heterocycles. The Balaban J connectivity index is 1.62. The third-order valence-electron chi connectivity index (χ3n) is 9.20. The molecule has 1 fully saturated rings. The molecule has 2 aromatic carbocycles. The van der Waals surface area contributed by atoms with Crippen LogP contribution in [0.25, 0.3) is 16.9 Å². The molecule has 0 aliphatic heterocycles. The fraction of sp³-hybridized carbons (Fsp3) is 0.429. The van der Waals surface area contributed by atoms with Gasteiger partial charge in [-0.15, -0.1) is 0 Å². The maximum Gasteiger partial charge on any atom is 0.315 e. The molecule has 13 heteroatoms. The number of nitrogens with zero attached hydrogens (tertiary/aromatic N) is 1. The number of likely N-dealkylation sites (N-methyl/N-ethyl adjacent to an activating group) is 1. The minimum Gasteiger partial charge on any atom is -0.508 e. The van der Waals surface area contributed by atoms with Gasteiger partial charge in [-0.1, -0.05) is 12.1 Å². The molecule has 256 valence electrons. The Morgan fingerprint density at radius 2 is 1.79 bits per heavy atom. The van der Waals surface area contributed by atoms with Crippen LogP contribution in [0.3, 0.4) is 0 Å². The molecule has 48 heavy (non-hydrogen) atoms. The summed E-state index contributed by atoms with van der Waals surface area (Å²) in [5, 5.41) is 51.2. The van der Waals surface area contributed by atoms with Gasteiger partial charge in [0.15, 0.2) is 11.4 Å². The number of phenolic OH excluding ortho intramolecular Hbond substituents is 1. The molecule has 0 bridgehead atoms. The molecular formula is C35H42N4O9. The van der Waals surface area contributed by atoms with Crippen molar-refractivity contribution in [3.8, 4) is 22.6 Å². The number of fused-ring (bicyclic) bond motifs is 3. The molecule has 5 rings (SSSR count). The predicted octanol–water partition coefficient (Wildman–Crippen LogP) is 2.63. The molecule has 1 saturated carbocycles. The third kappa shape index (κ3) is 5.66. The summed E-state index contributed by atoms with van der Waals surface area (Å²) in [4.78, 5) is 53.7. The van der Waals surface area contributed by atoms with Gasteiger partial charge in [0, 0.05) is 29.1 Å². The first-order chi connectivity index (χ1) is 22.4. The van der Waals surface area contributed by atoms with E-state index in [4.69, 9.17) is 10.5 Å². The van der Waals surface area contributed by atoms with E-state index in [-0.39, 0.29) is 42.3 Å². The summed E-state index contributed by atoms with van der Waals surface area (Å²) in [6.07, 6.45) is 0.106. The zero-order valence-corrected chi connectivity index (χ0v) is 27.8. The number of nitrogens with one attached hydrogen (secondary N) is 2. The van der Waals surface area contributed by atoms with Crippen LogP contribution in [0.2, 0.25) is 0 Å². The molecule has 0 saturated heterocycles. The summed E-state index contributed by atoms with van der Waals surface area (Å²) in [6, 6.07) is 6.95. The lowest BCUT2D eigenvalue weighted by Gasteiger charge is -2.50. The van der Waals surface area contributed by atoms with E-state index in [9.17, 15) is 39.6 Å². The van der Waals surface area contributed by atoms with Crippen molar-refractivity contribution < 1.29 is 44.3 Å². The third-order valence-corrected chi connectivity index (χ3v) is 9.20. The van der Waals surface area contributed by atoms with Crippen LogP contribution in [-0.2, 0) is 27.3 Å². The summed E-state index contributed by atoms with van der Waals surface area (Å²) in [5.74, 6) is -6.54. The Kier molecular flexibility index (Phi) is 8.82. The number of ether oxygens (including phenoxy) is 1. The van der Waals surface area contributed by atoms with E-state index in [2.05, 4.69) is 10.6 Å². The average molecular weight is 663 g/mol. The average Bonchev–Trinajstić information content (AvgIpc) is 2.97. The van der Waals surface area contributed by atoms with Crippen molar-refractivity contribution in [2.45, 2.75) is 64.3 Å². The van der Waals surface area contributed by atoms with Gasteiger partial charge in [0.25, 0.3) is 5.91 Å². The van der Waals surface area contributed by atoms with E-state index in [0.717, 1.165) is 0 Å². The summed E-state index contributed by atoms with van der Waals surface area (Å²) < 4.78 is 5.82. The number of Topliss-reactive ketones (excluding diaryl/α,β-unsaturated/α-hetero) is 2. The highest BCUT2D eigenvalue weighted by Gasteiger charge is 2.64. The van der Waals surface area contributed by atoms with E-state index in [1.165, 1.54) is 11.0 Å². The number of aliphatic hydroxyl groups is 3. The normalized spacial score (nSPS) is 23.8. The molecule has 3 aliphatic carbocycles. The van der Waals surface area contributed by atoms with Crippen LogP contribution in [0, 0.1) is 11.8 Å². The van der Waals surface area contributed by atoms with Gasteiger partial charge in [-0.05, 0) is 95.4 Å². The highest BCUT2D eigenvalue weighted by molar-refractivity contribution is 6.24. The number of phenols is 1. The first-order valence-electron chi connectivity index (χ1n) is 15.7. The Morgan fingerprint density at radius 3 is 2.40 bits per heavy atom. The Hall–Kier alpha value is -4.88. The number of aliphatic hydroxyl groups excluding tert-OH is 2. The molecule has 0 aromatic heterocycles. The summed E-state index contributed by atoms with van der Waals surface area (Å²) in [7, 11) is 3.10. The minimum absolute atomic E-state index is 0.0121. The van der Waals surface area contributed by atoms with Gasteiger partial charge in [0.2, 0.25) is 5.78 Å². The van der Waals surface area contributed by atoms with Crippen molar-refractivity contribution in [1.82, 2.24) is 15.5 Å². The number of benzene rings is 2. The summed E-state index contributed by atoms with van der Waals surface area (Å²) >= 11 is 0. The lowest BCUT2D eigenvalue weighted by Crippen LogP contribution is -2.65. The van der Waals surface area contributed by atoms with Crippen molar-refractivity contribution in [3.05, 3.63) is 63.9 Å². The molecule has 3 aliphatic rings. The fourth-order valence-electron chi connectivity index (χ4n) is 7.26. The number of carbonyl (C=O) groups is 4. The maximum atomic E-state index is 14.1. The van der Waals surface area contributed by atoms with E-state index >= 15 is 0 Å². The molecule has 0 radical (unpaired) electrons. The van der Waals surface area contributed by atoms with Crippen LogP contribution in [-0.4, -0.2) is 86.7 Å². The van der Waals surface area contributed by atoms with Gasteiger partial charge in [-0.2, -0.15) is 0 Å². The SMILES string of the molecule is CCOc1ccc(-c2ccc(O)c3c2CC2CC4C(N(C)C)C(=O)C(C(N)=O)=C(O)[C@@]4(O)C(=O)C2=C3O)cc1CNC(=O)NC(C)(C)C. The highest BCUT2D eigenvalue weighted by Crippen LogP contribution is 2.53. The zero-order chi connectivity index (χ0) is 35.5. The van der Waals surface area contributed by atoms with Crippen molar-refractivity contribution in [2.24, 2.45) is 17.6 Å². The van der Waals surface area contributed by atoms with E-state index < -0.39 is 63.6 Å². The molecule has 0 spiro atoms. The van der Waals surface area contributed by atoms with E-state index in [0.29, 0.717) is 34.6 Å². The number of primary amides is 1. The lowest BCUT2D eigenvalue weighted by atomic mass is 9.57. The van der Waals surface area contributed by atoms with Crippen LogP contribution < -0.4 is 21.1 Å².